The van der Waals surface area contributed by atoms with Crippen molar-refractivity contribution in [3.63, 3.8) is 0 Å². The Bertz CT molecular complexity index is 812. The molecule has 0 unspecified atom stereocenters. The molecule has 1 heterocycles. The first-order chi connectivity index (χ1) is 11.9. The van der Waals surface area contributed by atoms with Crippen LogP contribution in [0.15, 0.2) is 48.5 Å². The van der Waals surface area contributed by atoms with Gasteiger partial charge in [0.2, 0.25) is 5.91 Å². The largest absolute Gasteiger partial charge is 0.335 e. The van der Waals surface area contributed by atoms with E-state index in [-0.39, 0.29) is 11.8 Å². The van der Waals surface area contributed by atoms with Gasteiger partial charge in [-0.15, -0.1) is 0 Å². The molecule has 2 aromatic carbocycles. The first-order valence-corrected chi connectivity index (χ1v) is 8.62. The predicted molar refractivity (Wildman–Crippen MR) is 99.7 cm³/mol. The lowest BCUT2D eigenvalue weighted by Crippen LogP contribution is -2.33. The third-order valence-electron chi connectivity index (χ3n) is 5.00. The van der Waals surface area contributed by atoms with Gasteiger partial charge in [-0.2, -0.15) is 0 Å². The van der Waals surface area contributed by atoms with Gasteiger partial charge < -0.3 is 9.80 Å². The summed E-state index contributed by atoms with van der Waals surface area (Å²) in [5.41, 5.74) is 2.94. The molecular formula is C21H24N2O2. The Hall–Kier alpha value is -2.62. The summed E-state index contributed by atoms with van der Waals surface area (Å²) in [6.45, 7) is 7.01. The average Bonchev–Trinajstić information content (AvgIpc) is 2.80. The van der Waals surface area contributed by atoms with Crippen LogP contribution in [-0.4, -0.2) is 30.3 Å². The number of benzene rings is 2. The van der Waals surface area contributed by atoms with E-state index in [1.54, 1.807) is 11.9 Å². The second kappa shape index (κ2) is 6.36. The highest BCUT2D eigenvalue weighted by Crippen LogP contribution is 2.41. The van der Waals surface area contributed by atoms with E-state index in [9.17, 15) is 9.59 Å². The number of amides is 2. The number of likely N-dealkylation sites (N-methyl/N-ethyl adjacent to an activating group) is 1. The van der Waals surface area contributed by atoms with Gasteiger partial charge in [-0.25, -0.2) is 0 Å². The quantitative estimate of drug-likeness (QED) is 0.856. The minimum absolute atomic E-state index is 0.00745. The molecule has 0 atom stereocenters. The lowest BCUT2D eigenvalue weighted by atomic mass is 9.85. The van der Waals surface area contributed by atoms with E-state index in [2.05, 4.69) is 0 Å². The van der Waals surface area contributed by atoms with E-state index in [1.807, 2.05) is 74.2 Å². The maximum atomic E-state index is 13.0. The van der Waals surface area contributed by atoms with Crippen LogP contribution in [0.5, 0.6) is 0 Å². The fraction of sp³-hybridized carbons (Fsp3) is 0.333. The monoisotopic (exact) mass is 336 g/mol. The zero-order valence-electron chi connectivity index (χ0n) is 15.2. The molecule has 25 heavy (non-hydrogen) atoms. The topological polar surface area (TPSA) is 40.6 Å². The number of carbonyl (C=O) groups excluding carboxylic acids is 2. The fourth-order valence-electron chi connectivity index (χ4n) is 3.42. The van der Waals surface area contributed by atoms with Gasteiger partial charge >= 0.3 is 0 Å². The first kappa shape index (κ1) is 17.2. The highest BCUT2D eigenvalue weighted by molar-refractivity contribution is 6.08. The average molecular weight is 336 g/mol. The Morgan fingerprint density at radius 3 is 2.44 bits per heavy atom. The molecule has 0 bridgehead atoms. The van der Waals surface area contributed by atoms with Crippen LogP contribution in [0.25, 0.3) is 0 Å². The number of hydrogen-bond donors (Lipinski definition) is 0. The summed E-state index contributed by atoms with van der Waals surface area (Å²) in [7, 11) is 1.78. The summed E-state index contributed by atoms with van der Waals surface area (Å²) in [6.07, 6.45) is 0. The van der Waals surface area contributed by atoms with Crippen molar-refractivity contribution in [2.75, 3.05) is 18.5 Å². The van der Waals surface area contributed by atoms with Crippen LogP contribution in [0.4, 0.5) is 5.69 Å². The summed E-state index contributed by atoms with van der Waals surface area (Å²) in [5, 5.41) is 0. The SMILES string of the molecule is CCN(Cc1ccccc1)C(=O)c1ccc2c(c1)C(C)(C)C(=O)N2C. The molecule has 0 saturated heterocycles. The lowest BCUT2D eigenvalue weighted by molar-refractivity contribution is -0.121. The van der Waals surface area contributed by atoms with Crippen molar-refractivity contribution in [1.82, 2.24) is 4.90 Å². The highest BCUT2D eigenvalue weighted by Gasteiger charge is 2.42. The molecule has 130 valence electrons. The van der Waals surface area contributed by atoms with Crippen molar-refractivity contribution in [3.8, 4) is 0 Å². The fourth-order valence-corrected chi connectivity index (χ4v) is 3.42. The van der Waals surface area contributed by atoms with E-state index in [4.69, 9.17) is 0 Å². The predicted octanol–water partition coefficient (Wildman–Crippen LogP) is 3.60. The molecule has 0 aliphatic carbocycles. The van der Waals surface area contributed by atoms with Crippen molar-refractivity contribution >= 4 is 17.5 Å². The van der Waals surface area contributed by atoms with Gasteiger partial charge in [-0.1, -0.05) is 30.3 Å². The summed E-state index contributed by atoms with van der Waals surface area (Å²) in [5.74, 6) is 0.0516. The molecule has 0 saturated carbocycles. The number of hydrogen-bond acceptors (Lipinski definition) is 2. The van der Waals surface area contributed by atoms with Gasteiger partial charge in [-0.3, -0.25) is 9.59 Å². The standard InChI is InChI=1S/C21H24N2O2/c1-5-23(14-15-9-7-6-8-10-15)19(24)16-11-12-18-17(13-16)21(2,3)20(25)22(18)4/h6-13H,5,14H2,1-4H3. The smallest absolute Gasteiger partial charge is 0.254 e. The molecule has 4 heteroatoms. The molecule has 2 amide bonds. The number of rotatable bonds is 4. The van der Waals surface area contributed by atoms with Crippen LogP contribution in [0, 0.1) is 0 Å². The van der Waals surface area contributed by atoms with Crippen LogP contribution in [0.1, 0.15) is 42.3 Å². The molecule has 1 aliphatic rings. The number of carbonyl (C=O) groups is 2. The lowest BCUT2D eigenvalue weighted by Gasteiger charge is -2.22. The van der Waals surface area contributed by atoms with Crippen molar-refractivity contribution in [3.05, 3.63) is 65.2 Å². The van der Waals surface area contributed by atoms with Crippen molar-refractivity contribution in [2.24, 2.45) is 0 Å². The molecule has 4 nitrogen and oxygen atoms in total. The normalized spacial score (nSPS) is 15.2. The number of anilines is 1. The Morgan fingerprint density at radius 2 is 1.80 bits per heavy atom. The maximum absolute atomic E-state index is 13.0. The number of nitrogens with zero attached hydrogens (tertiary/aromatic N) is 2. The highest BCUT2D eigenvalue weighted by atomic mass is 16.2. The van der Waals surface area contributed by atoms with Crippen LogP contribution in [0.3, 0.4) is 0 Å². The maximum Gasteiger partial charge on any atom is 0.254 e. The van der Waals surface area contributed by atoms with Gasteiger partial charge in [0.25, 0.3) is 5.91 Å². The molecule has 0 fully saturated rings. The molecule has 0 aromatic heterocycles. The van der Waals surface area contributed by atoms with Crippen LogP contribution in [-0.2, 0) is 16.8 Å². The second-order valence-electron chi connectivity index (χ2n) is 7.03. The molecule has 0 radical (unpaired) electrons. The molecule has 1 aliphatic heterocycles. The Morgan fingerprint density at radius 1 is 1.12 bits per heavy atom. The van der Waals surface area contributed by atoms with Gasteiger partial charge in [0.1, 0.15) is 0 Å². The Balaban J connectivity index is 1.90. The number of fused-ring (bicyclic) bond motifs is 1. The summed E-state index contributed by atoms with van der Waals surface area (Å²) < 4.78 is 0. The van der Waals surface area contributed by atoms with Crippen molar-refractivity contribution in [1.29, 1.82) is 0 Å². The minimum Gasteiger partial charge on any atom is -0.335 e. The minimum atomic E-state index is -0.600. The molecule has 0 spiro atoms. The third kappa shape index (κ3) is 2.93. The second-order valence-corrected chi connectivity index (χ2v) is 7.03. The van der Waals surface area contributed by atoms with Gasteiger partial charge in [0.05, 0.1) is 5.41 Å². The van der Waals surface area contributed by atoms with Crippen LogP contribution < -0.4 is 4.90 Å². The summed E-state index contributed by atoms with van der Waals surface area (Å²) in [4.78, 5) is 28.9. The Kier molecular flexibility index (Phi) is 4.38. The third-order valence-corrected chi connectivity index (χ3v) is 5.00. The molecule has 0 N–H and O–H groups in total. The van der Waals surface area contributed by atoms with E-state index in [0.29, 0.717) is 18.7 Å². The summed E-state index contributed by atoms with van der Waals surface area (Å²) >= 11 is 0. The van der Waals surface area contributed by atoms with Gasteiger partial charge in [0.15, 0.2) is 0 Å². The van der Waals surface area contributed by atoms with Crippen molar-refractivity contribution < 1.29 is 9.59 Å². The van der Waals surface area contributed by atoms with Crippen LogP contribution in [0.2, 0.25) is 0 Å². The van der Waals surface area contributed by atoms with Crippen LogP contribution >= 0.6 is 0 Å². The zero-order chi connectivity index (χ0) is 18.2. The molecule has 2 aromatic rings. The van der Waals surface area contributed by atoms with Gasteiger partial charge in [0, 0.05) is 31.4 Å². The Labute approximate surface area is 149 Å². The van der Waals surface area contributed by atoms with E-state index < -0.39 is 5.41 Å². The van der Waals surface area contributed by atoms with E-state index >= 15 is 0 Å². The van der Waals surface area contributed by atoms with Gasteiger partial charge in [-0.05, 0) is 50.1 Å². The van der Waals surface area contributed by atoms with E-state index in [0.717, 1.165) is 16.8 Å². The van der Waals surface area contributed by atoms with Crippen molar-refractivity contribution in [2.45, 2.75) is 32.7 Å². The van der Waals surface area contributed by atoms with E-state index in [1.165, 1.54) is 0 Å². The first-order valence-electron chi connectivity index (χ1n) is 8.62. The molecular weight excluding hydrogens is 312 g/mol. The zero-order valence-corrected chi connectivity index (χ0v) is 15.2. The summed E-state index contributed by atoms with van der Waals surface area (Å²) in [6, 6.07) is 15.6. The molecule has 3 rings (SSSR count).